The lowest BCUT2D eigenvalue weighted by molar-refractivity contribution is -0.137. The summed E-state index contributed by atoms with van der Waals surface area (Å²) in [6.07, 6.45) is -2.57. The Bertz CT molecular complexity index is 883. The topological polar surface area (TPSA) is 45.2 Å². The van der Waals surface area contributed by atoms with Gasteiger partial charge in [0.25, 0.3) is 0 Å². The van der Waals surface area contributed by atoms with Crippen LogP contribution in [0.4, 0.5) is 24.7 Å². The van der Waals surface area contributed by atoms with Gasteiger partial charge in [-0.2, -0.15) is 13.2 Å². The van der Waals surface area contributed by atoms with Crippen molar-refractivity contribution in [2.24, 2.45) is 5.92 Å². The average Bonchev–Trinajstić information content (AvgIpc) is 2.63. The molecule has 1 amide bonds. The number of piperidine rings is 1. The Morgan fingerprint density at radius 1 is 1.29 bits per heavy atom. The summed E-state index contributed by atoms with van der Waals surface area (Å²) in [5.74, 6) is 0.0585. The number of carbonyl (C=O) groups is 1. The number of hydrogen-bond donors (Lipinski definition) is 1. The van der Waals surface area contributed by atoms with E-state index in [0.717, 1.165) is 22.3 Å². The molecule has 9 heteroatoms. The second-order valence-corrected chi connectivity index (χ2v) is 8.02. The molecule has 0 unspecified atom stereocenters. The lowest BCUT2D eigenvalue weighted by Crippen LogP contribution is -2.38. The van der Waals surface area contributed by atoms with Crippen LogP contribution in [0.5, 0.6) is 0 Å². The number of amides is 1. The van der Waals surface area contributed by atoms with Gasteiger partial charge >= 0.3 is 6.18 Å². The van der Waals surface area contributed by atoms with Crippen molar-refractivity contribution in [2.75, 3.05) is 23.3 Å². The van der Waals surface area contributed by atoms with Gasteiger partial charge in [-0.05, 0) is 59.5 Å². The summed E-state index contributed by atoms with van der Waals surface area (Å²) >= 11 is 9.46. The Morgan fingerprint density at radius 2 is 1.96 bits per heavy atom. The third-order valence-corrected chi connectivity index (χ3v) is 5.63. The van der Waals surface area contributed by atoms with Crippen LogP contribution in [0.15, 0.2) is 34.9 Å². The number of hydrogen-bond acceptors (Lipinski definition) is 3. The third kappa shape index (κ3) is 4.78. The number of alkyl halides is 3. The number of rotatable bonds is 3. The Balaban J connectivity index is 1.62. The first-order valence-corrected chi connectivity index (χ1v) is 9.87. The molecule has 0 aliphatic carbocycles. The first kappa shape index (κ1) is 20.9. The normalized spacial score (nSPS) is 15.6. The number of nitrogens with zero attached hydrogens (tertiary/aromatic N) is 2. The van der Waals surface area contributed by atoms with Gasteiger partial charge in [0.15, 0.2) is 0 Å². The lowest BCUT2D eigenvalue weighted by Gasteiger charge is -2.32. The standard InChI is InChI=1S/C19H18BrClF3N3O/c1-11-2-3-16(14(20)8-11)26-18(28)12-4-6-27(7-5-12)17-15(21)9-13(10-25-17)19(22,23)24/h2-3,8-10,12H,4-7H2,1H3,(H,26,28). The van der Waals surface area contributed by atoms with Crippen molar-refractivity contribution >= 4 is 44.9 Å². The summed E-state index contributed by atoms with van der Waals surface area (Å²) in [7, 11) is 0. The Hall–Kier alpha value is -1.80. The number of aryl methyl sites for hydroxylation is 1. The van der Waals surface area contributed by atoms with Crippen molar-refractivity contribution in [1.29, 1.82) is 0 Å². The van der Waals surface area contributed by atoms with Crippen molar-refractivity contribution in [3.63, 3.8) is 0 Å². The molecule has 1 N–H and O–H groups in total. The highest BCUT2D eigenvalue weighted by Gasteiger charge is 2.33. The first-order valence-electron chi connectivity index (χ1n) is 8.70. The number of halogens is 5. The van der Waals surface area contributed by atoms with E-state index >= 15 is 0 Å². The second-order valence-electron chi connectivity index (χ2n) is 6.76. The predicted octanol–water partition coefficient (Wildman–Crippen LogP) is 5.68. The molecule has 1 fully saturated rings. The van der Waals surface area contributed by atoms with Crippen LogP contribution in [0.25, 0.3) is 0 Å². The van der Waals surface area contributed by atoms with E-state index in [1.165, 1.54) is 0 Å². The van der Waals surface area contributed by atoms with Crippen molar-refractivity contribution in [3.05, 3.63) is 51.1 Å². The van der Waals surface area contributed by atoms with Crippen LogP contribution >= 0.6 is 27.5 Å². The Kier molecular flexibility index (Phi) is 6.19. The van der Waals surface area contributed by atoms with Crippen LogP contribution < -0.4 is 10.2 Å². The zero-order chi connectivity index (χ0) is 20.5. The van der Waals surface area contributed by atoms with E-state index < -0.39 is 11.7 Å². The second kappa shape index (κ2) is 8.29. The van der Waals surface area contributed by atoms with E-state index in [-0.39, 0.29) is 16.8 Å². The SMILES string of the molecule is Cc1ccc(NC(=O)C2CCN(c3ncc(C(F)(F)F)cc3Cl)CC2)c(Br)c1. The monoisotopic (exact) mass is 475 g/mol. The molecule has 2 heterocycles. The molecule has 28 heavy (non-hydrogen) atoms. The summed E-state index contributed by atoms with van der Waals surface area (Å²) < 4.78 is 39.1. The van der Waals surface area contributed by atoms with Gasteiger partial charge in [0, 0.05) is 29.7 Å². The van der Waals surface area contributed by atoms with Gasteiger partial charge in [0.1, 0.15) is 5.82 Å². The summed E-state index contributed by atoms with van der Waals surface area (Å²) in [6.45, 7) is 2.95. The van der Waals surface area contributed by atoms with E-state index in [2.05, 4.69) is 26.2 Å². The van der Waals surface area contributed by atoms with Gasteiger partial charge < -0.3 is 10.2 Å². The molecule has 150 valence electrons. The van der Waals surface area contributed by atoms with Crippen LogP contribution in [-0.2, 0) is 11.0 Å². The molecule has 1 saturated heterocycles. The van der Waals surface area contributed by atoms with Crippen molar-refractivity contribution in [3.8, 4) is 0 Å². The molecule has 1 aliphatic heterocycles. The zero-order valence-electron chi connectivity index (χ0n) is 15.0. The van der Waals surface area contributed by atoms with E-state index in [0.29, 0.717) is 37.4 Å². The lowest BCUT2D eigenvalue weighted by atomic mass is 9.95. The molecule has 3 rings (SSSR count). The number of pyridine rings is 1. The maximum atomic E-state index is 12.8. The predicted molar refractivity (Wildman–Crippen MR) is 107 cm³/mol. The van der Waals surface area contributed by atoms with Gasteiger partial charge in [0.2, 0.25) is 5.91 Å². The highest BCUT2D eigenvalue weighted by atomic mass is 79.9. The molecule has 1 aromatic carbocycles. The number of benzene rings is 1. The van der Waals surface area contributed by atoms with Crippen molar-refractivity contribution < 1.29 is 18.0 Å². The summed E-state index contributed by atoms with van der Waals surface area (Å²) in [5.41, 5.74) is 0.920. The minimum absolute atomic E-state index is 0.0405. The average molecular weight is 477 g/mol. The molecule has 2 aromatic rings. The highest BCUT2D eigenvalue weighted by Crippen LogP contribution is 2.35. The molecule has 0 saturated carbocycles. The molecule has 0 bridgehead atoms. The number of aromatic nitrogens is 1. The van der Waals surface area contributed by atoms with E-state index in [9.17, 15) is 18.0 Å². The summed E-state index contributed by atoms with van der Waals surface area (Å²) in [4.78, 5) is 18.3. The molecule has 0 atom stereocenters. The van der Waals surface area contributed by atoms with Gasteiger partial charge in [-0.3, -0.25) is 4.79 Å². The third-order valence-electron chi connectivity index (χ3n) is 4.70. The van der Waals surface area contributed by atoms with Gasteiger partial charge in [-0.25, -0.2) is 4.98 Å². The van der Waals surface area contributed by atoms with Crippen molar-refractivity contribution in [2.45, 2.75) is 25.9 Å². The number of nitrogens with one attached hydrogen (secondary N) is 1. The van der Waals surface area contributed by atoms with Gasteiger partial charge in [-0.1, -0.05) is 17.7 Å². The van der Waals surface area contributed by atoms with E-state index in [1.54, 1.807) is 0 Å². The minimum Gasteiger partial charge on any atom is -0.355 e. The van der Waals surface area contributed by atoms with Gasteiger partial charge in [0.05, 0.1) is 16.3 Å². The summed E-state index contributed by atoms with van der Waals surface area (Å²) in [6, 6.07) is 6.58. The number of carbonyl (C=O) groups excluding carboxylic acids is 1. The fraction of sp³-hybridized carbons (Fsp3) is 0.368. The quantitative estimate of drug-likeness (QED) is 0.620. The van der Waals surface area contributed by atoms with Crippen LogP contribution in [0, 0.1) is 12.8 Å². The van der Waals surface area contributed by atoms with Crippen LogP contribution in [0.3, 0.4) is 0 Å². The van der Waals surface area contributed by atoms with Crippen LogP contribution in [0.2, 0.25) is 5.02 Å². The van der Waals surface area contributed by atoms with Gasteiger partial charge in [-0.15, -0.1) is 0 Å². The van der Waals surface area contributed by atoms with E-state index in [1.807, 2.05) is 30.0 Å². The van der Waals surface area contributed by atoms with Crippen LogP contribution in [0.1, 0.15) is 24.0 Å². The molecule has 1 aromatic heterocycles. The van der Waals surface area contributed by atoms with E-state index in [4.69, 9.17) is 11.6 Å². The summed E-state index contributed by atoms with van der Waals surface area (Å²) in [5, 5.41) is 2.89. The fourth-order valence-corrected chi connectivity index (χ4v) is 4.01. The smallest absolute Gasteiger partial charge is 0.355 e. The Morgan fingerprint density at radius 3 is 2.54 bits per heavy atom. The molecule has 0 radical (unpaired) electrons. The zero-order valence-corrected chi connectivity index (χ0v) is 17.3. The molecular formula is C19H18BrClF3N3O. The Labute approximate surface area is 174 Å². The van der Waals surface area contributed by atoms with Crippen molar-refractivity contribution in [1.82, 2.24) is 4.98 Å². The first-order chi connectivity index (χ1) is 13.1. The molecule has 4 nitrogen and oxygen atoms in total. The minimum atomic E-state index is -4.48. The molecule has 0 spiro atoms. The molecule has 1 aliphatic rings. The number of anilines is 2. The maximum Gasteiger partial charge on any atom is 0.417 e. The fourth-order valence-electron chi connectivity index (χ4n) is 3.13. The maximum absolute atomic E-state index is 12.8. The highest BCUT2D eigenvalue weighted by molar-refractivity contribution is 9.10. The van der Waals surface area contributed by atoms with Crippen LogP contribution in [-0.4, -0.2) is 24.0 Å². The largest absolute Gasteiger partial charge is 0.417 e. The molecular weight excluding hydrogens is 459 g/mol.